The topological polar surface area (TPSA) is 229 Å². The van der Waals surface area contributed by atoms with E-state index in [0.717, 1.165) is 0 Å². The molecular formula is C29H34F3N5O13S2. The zero-order valence-electron chi connectivity index (χ0n) is 27.1. The zero-order chi connectivity index (χ0) is 38.6. The van der Waals surface area contributed by atoms with Crippen LogP contribution in [0.15, 0.2) is 48.5 Å². The highest BCUT2D eigenvalue weighted by atomic mass is 32.2. The number of amides is 2. The number of carbonyl (C=O) groups excluding carboxylic acids is 3. The standard InChI is InChI=1S/C28H33N5O10S.CHF3O3S/c34-26(25-16-24(44)17-31(25)27(35)42-18-20-2-6-22(7-3-20)32(37)38)30-11-1-10-29(12-13-30)14-15-41-28(36)43-19-21-4-8-23(9-5-21)33(39)40;2-1(3,4)8(5,6)7/h2-9,24-25,44H,1,10-19H2;(H,5,6,7)/t24-,25-;/m0./s1. The minimum atomic E-state index is -5.84. The molecule has 52 heavy (non-hydrogen) atoms. The predicted molar refractivity (Wildman–Crippen MR) is 176 cm³/mol. The third kappa shape index (κ3) is 12.8. The third-order valence-corrected chi connectivity index (χ3v) is 8.59. The number of nitro groups is 2. The summed E-state index contributed by atoms with van der Waals surface area (Å²) in [6.07, 6.45) is -0.409. The number of alkyl halides is 3. The summed E-state index contributed by atoms with van der Waals surface area (Å²) in [7, 11) is -5.84. The third-order valence-electron chi connectivity index (χ3n) is 7.63. The molecule has 2 aromatic rings. The molecule has 23 heteroatoms. The highest BCUT2D eigenvalue weighted by Gasteiger charge is 2.44. The monoisotopic (exact) mass is 781 g/mol. The molecule has 286 valence electrons. The van der Waals surface area contributed by atoms with Crippen LogP contribution in [-0.4, -0.2) is 118 Å². The van der Waals surface area contributed by atoms with Crippen molar-refractivity contribution in [2.45, 2.75) is 42.9 Å². The second-order valence-electron chi connectivity index (χ2n) is 11.3. The van der Waals surface area contributed by atoms with Gasteiger partial charge in [-0.3, -0.25) is 39.4 Å². The van der Waals surface area contributed by atoms with Gasteiger partial charge in [0, 0.05) is 68.8 Å². The number of nitrogens with zero attached hydrogens (tertiary/aromatic N) is 5. The normalized spacial score (nSPS) is 18.0. The van der Waals surface area contributed by atoms with Crippen molar-refractivity contribution < 1.29 is 64.6 Å². The van der Waals surface area contributed by atoms with E-state index >= 15 is 0 Å². The summed E-state index contributed by atoms with van der Waals surface area (Å²) in [4.78, 5) is 64.1. The lowest BCUT2D eigenvalue weighted by atomic mass is 10.2. The molecule has 2 saturated heterocycles. The van der Waals surface area contributed by atoms with Crippen molar-refractivity contribution in [2.75, 3.05) is 45.9 Å². The summed E-state index contributed by atoms with van der Waals surface area (Å²) >= 11 is 4.50. The molecule has 18 nitrogen and oxygen atoms in total. The maximum absolute atomic E-state index is 13.5. The van der Waals surface area contributed by atoms with Gasteiger partial charge in [0.1, 0.15) is 25.9 Å². The van der Waals surface area contributed by atoms with Gasteiger partial charge >= 0.3 is 27.9 Å². The molecule has 0 unspecified atom stereocenters. The summed E-state index contributed by atoms with van der Waals surface area (Å²) < 4.78 is 73.2. The summed E-state index contributed by atoms with van der Waals surface area (Å²) in [6.45, 7) is 2.81. The minimum Gasteiger partial charge on any atom is -0.445 e. The van der Waals surface area contributed by atoms with Crippen molar-refractivity contribution in [1.29, 1.82) is 0 Å². The Morgan fingerprint density at radius 2 is 1.38 bits per heavy atom. The molecule has 0 radical (unpaired) electrons. The van der Waals surface area contributed by atoms with E-state index in [-0.39, 0.29) is 48.9 Å². The molecule has 2 aliphatic heterocycles. The van der Waals surface area contributed by atoms with E-state index in [1.165, 1.54) is 53.4 Å². The van der Waals surface area contributed by atoms with Gasteiger partial charge < -0.3 is 19.1 Å². The van der Waals surface area contributed by atoms with Gasteiger partial charge in [-0.05, 0) is 48.2 Å². The second-order valence-corrected chi connectivity index (χ2v) is 13.4. The van der Waals surface area contributed by atoms with Gasteiger partial charge in [0.15, 0.2) is 0 Å². The number of benzene rings is 2. The number of nitro benzene ring substituents is 2. The fourth-order valence-electron chi connectivity index (χ4n) is 4.97. The molecule has 2 aliphatic rings. The first-order valence-electron chi connectivity index (χ1n) is 15.3. The van der Waals surface area contributed by atoms with Crippen molar-refractivity contribution in [1.82, 2.24) is 14.7 Å². The highest BCUT2D eigenvalue weighted by Crippen LogP contribution is 2.26. The van der Waals surface area contributed by atoms with E-state index in [9.17, 15) is 47.8 Å². The van der Waals surface area contributed by atoms with Gasteiger partial charge in [0.25, 0.3) is 11.4 Å². The highest BCUT2D eigenvalue weighted by molar-refractivity contribution is 7.86. The Labute approximate surface area is 299 Å². The number of rotatable bonds is 10. The Hall–Kier alpha value is -4.74. The number of halogens is 3. The summed E-state index contributed by atoms with van der Waals surface area (Å²) in [5.41, 5.74) is -4.48. The largest absolute Gasteiger partial charge is 0.522 e. The summed E-state index contributed by atoms with van der Waals surface area (Å²) in [6, 6.07) is 10.6. The number of ether oxygens (including phenoxy) is 3. The van der Waals surface area contributed by atoms with Crippen LogP contribution in [0.4, 0.5) is 34.1 Å². The van der Waals surface area contributed by atoms with E-state index < -0.39 is 43.8 Å². The Morgan fingerprint density at radius 1 is 0.865 bits per heavy atom. The molecule has 0 bridgehead atoms. The van der Waals surface area contributed by atoms with Gasteiger partial charge in [-0.2, -0.15) is 34.2 Å². The molecular weight excluding hydrogens is 747 g/mol. The van der Waals surface area contributed by atoms with Crippen LogP contribution in [0.1, 0.15) is 24.0 Å². The predicted octanol–water partition coefficient (Wildman–Crippen LogP) is 3.79. The molecule has 4 rings (SSSR count). The average molecular weight is 782 g/mol. The fourth-order valence-corrected chi connectivity index (χ4v) is 5.35. The lowest BCUT2D eigenvalue weighted by Gasteiger charge is -2.29. The van der Waals surface area contributed by atoms with Crippen LogP contribution in [0.3, 0.4) is 0 Å². The molecule has 2 atom stereocenters. The van der Waals surface area contributed by atoms with E-state index in [1.54, 1.807) is 4.90 Å². The van der Waals surface area contributed by atoms with Gasteiger partial charge in [-0.15, -0.1) is 0 Å². The number of non-ortho nitro benzene ring substituents is 2. The van der Waals surface area contributed by atoms with Gasteiger partial charge in [-0.1, -0.05) is 0 Å². The first-order chi connectivity index (χ1) is 24.4. The summed E-state index contributed by atoms with van der Waals surface area (Å²) in [5, 5.41) is 21.4. The smallest absolute Gasteiger partial charge is 0.445 e. The number of hydrogen-bond acceptors (Lipinski definition) is 14. The first-order valence-corrected chi connectivity index (χ1v) is 17.2. The van der Waals surface area contributed by atoms with Crippen LogP contribution in [0.25, 0.3) is 0 Å². The molecule has 2 heterocycles. The van der Waals surface area contributed by atoms with Crippen LogP contribution in [-0.2, 0) is 42.3 Å². The molecule has 0 aromatic heterocycles. The molecule has 2 aromatic carbocycles. The minimum absolute atomic E-state index is 0.0557. The summed E-state index contributed by atoms with van der Waals surface area (Å²) in [5.74, 6) is -0.179. The van der Waals surface area contributed by atoms with E-state index in [1.807, 2.05) is 0 Å². The van der Waals surface area contributed by atoms with E-state index in [2.05, 4.69) is 17.5 Å². The van der Waals surface area contributed by atoms with Crippen LogP contribution >= 0.6 is 12.6 Å². The van der Waals surface area contributed by atoms with Crippen molar-refractivity contribution in [3.05, 3.63) is 79.9 Å². The second kappa shape index (κ2) is 18.7. The molecule has 0 spiro atoms. The van der Waals surface area contributed by atoms with Crippen molar-refractivity contribution in [2.24, 2.45) is 0 Å². The Balaban J connectivity index is 0.000000815. The van der Waals surface area contributed by atoms with Crippen LogP contribution in [0.5, 0.6) is 0 Å². The quantitative estimate of drug-likeness (QED) is 0.0873. The van der Waals surface area contributed by atoms with Crippen molar-refractivity contribution in [3.63, 3.8) is 0 Å². The van der Waals surface area contributed by atoms with Crippen LogP contribution < -0.4 is 0 Å². The zero-order valence-corrected chi connectivity index (χ0v) is 28.8. The van der Waals surface area contributed by atoms with Crippen LogP contribution in [0, 0.1) is 20.2 Å². The number of hydrogen-bond donors (Lipinski definition) is 2. The van der Waals surface area contributed by atoms with Gasteiger partial charge in [0.2, 0.25) is 5.91 Å². The molecule has 0 saturated carbocycles. The van der Waals surface area contributed by atoms with E-state index in [4.69, 9.17) is 27.2 Å². The SMILES string of the molecule is O=C(OCCN1CCCN(C(=O)[C@@H]2C[C@H](S)CN2C(=O)OCc2ccc([N+](=O)[O-])cc2)CC1)OCc1ccc([N+](=O)[O-])cc1.O=S(=O)(O)C(F)(F)F. The molecule has 2 amide bonds. The average Bonchev–Trinajstić information content (AvgIpc) is 3.32. The first kappa shape index (κ1) is 41.7. The lowest BCUT2D eigenvalue weighted by molar-refractivity contribution is -0.385. The number of carbonyl (C=O) groups is 3. The van der Waals surface area contributed by atoms with Crippen LogP contribution in [0.2, 0.25) is 0 Å². The number of thiol groups is 1. The molecule has 2 fully saturated rings. The molecule has 0 aliphatic carbocycles. The maximum Gasteiger partial charge on any atom is 0.522 e. The van der Waals surface area contributed by atoms with Gasteiger partial charge in [0.05, 0.1) is 9.85 Å². The van der Waals surface area contributed by atoms with Gasteiger partial charge in [-0.25, -0.2) is 9.59 Å². The van der Waals surface area contributed by atoms with E-state index in [0.29, 0.717) is 56.7 Å². The van der Waals surface area contributed by atoms with Crippen molar-refractivity contribution in [3.8, 4) is 0 Å². The van der Waals surface area contributed by atoms with Crippen molar-refractivity contribution >= 4 is 52.3 Å². The molecule has 1 N–H and O–H groups in total. The Morgan fingerprint density at radius 3 is 1.88 bits per heavy atom. The Bertz CT molecular complexity index is 1680. The fraction of sp³-hybridized carbons (Fsp3) is 0.483. The number of likely N-dealkylation sites (tertiary alicyclic amines) is 1. The maximum atomic E-state index is 13.5. The Kier molecular flexibility index (Phi) is 15.0. The lowest BCUT2D eigenvalue weighted by Crippen LogP contribution is -2.49.